The van der Waals surface area contributed by atoms with Crippen LogP contribution in [0.1, 0.15) is 6.42 Å². The van der Waals surface area contributed by atoms with Gasteiger partial charge in [-0.1, -0.05) is 0 Å². The number of nitrogens with two attached hydrogens (primary N) is 1. The highest BCUT2D eigenvalue weighted by molar-refractivity contribution is 5.78. The highest BCUT2D eigenvalue weighted by Crippen LogP contribution is 2.06. The number of rotatable bonds is 2. The normalized spacial score (nSPS) is 23.7. The zero-order valence-corrected chi connectivity index (χ0v) is 7.79. The third kappa shape index (κ3) is 2.46. The highest BCUT2D eigenvalue weighted by atomic mass is 16.2. The second-order valence-electron chi connectivity index (χ2n) is 3.63. The zero-order chi connectivity index (χ0) is 9.14. The predicted octanol–water partition coefficient (Wildman–Crippen LogP) is -0.892. The van der Waals surface area contributed by atoms with Crippen molar-refractivity contribution in [1.29, 1.82) is 0 Å². The zero-order valence-electron chi connectivity index (χ0n) is 7.79. The summed E-state index contributed by atoms with van der Waals surface area (Å²) in [7, 11) is 3.79. The smallest absolute Gasteiger partial charge is 0.236 e. The van der Waals surface area contributed by atoms with Gasteiger partial charge < -0.3 is 15.5 Å². The van der Waals surface area contributed by atoms with Gasteiger partial charge in [0.1, 0.15) is 0 Å². The van der Waals surface area contributed by atoms with Gasteiger partial charge in [-0.25, -0.2) is 0 Å². The first-order valence-electron chi connectivity index (χ1n) is 4.27. The van der Waals surface area contributed by atoms with Crippen LogP contribution in [0.4, 0.5) is 0 Å². The fourth-order valence-corrected chi connectivity index (χ4v) is 1.38. The van der Waals surface area contributed by atoms with Crippen LogP contribution in [-0.2, 0) is 4.79 Å². The first-order chi connectivity index (χ1) is 5.59. The lowest BCUT2D eigenvalue weighted by atomic mass is 10.3. The van der Waals surface area contributed by atoms with Crippen LogP contribution in [0.15, 0.2) is 0 Å². The van der Waals surface area contributed by atoms with Crippen molar-refractivity contribution in [3.05, 3.63) is 0 Å². The maximum Gasteiger partial charge on any atom is 0.236 e. The monoisotopic (exact) mass is 171 g/mol. The van der Waals surface area contributed by atoms with Crippen molar-refractivity contribution in [2.24, 2.45) is 5.73 Å². The van der Waals surface area contributed by atoms with E-state index < -0.39 is 0 Å². The molecule has 1 amide bonds. The van der Waals surface area contributed by atoms with E-state index in [0.29, 0.717) is 6.54 Å². The van der Waals surface area contributed by atoms with E-state index in [9.17, 15) is 4.79 Å². The topological polar surface area (TPSA) is 49.6 Å². The molecular formula is C8H17N3O. The molecule has 1 fully saturated rings. The molecule has 1 aliphatic heterocycles. The third-order valence-corrected chi connectivity index (χ3v) is 2.03. The molecule has 1 atom stereocenters. The summed E-state index contributed by atoms with van der Waals surface area (Å²) >= 11 is 0. The van der Waals surface area contributed by atoms with Gasteiger partial charge in [0.2, 0.25) is 5.91 Å². The van der Waals surface area contributed by atoms with Crippen molar-refractivity contribution in [1.82, 2.24) is 9.80 Å². The van der Waals surface area contributed by atoms with Crippen LogP contribution < -0.4 is 5.73 Å². The number of carbonyl (C=O) groups is 1. The van der Waals surface area contributed by atoms with Crippen molar-refractivity contribution in [2.75, 3.05) is 33.7 Å². The Morgan fingerprint density at radius 3 is 2.75 bits per heavy atom. The minimum Gasteiger partial charge on any atom is -0.340 e. The summed E-state index contributed by atoms with van der Waals surface area (Å²) in [6.07, 6.45) is 0.944. The molecule has 0 aromatic rings. The summed E-state index contributed by atoms with van der Waals surface area (Å²) in [5.74, 6) is 0.188. The van der Waals surface area contributed by atoms with Crippen LogP contribution in [0.5, 0.6) is 0 Å². The predicted molar refractivity (Wildman–Crippen MR) is 47.7 cm³/mol. The fourth-order valence-electron chi connectivity index (χ4n) is 1.38. The number of hydrogen-bond donors (Lipinski definition) is 1. The molecule has 1 aliphatic rings. The fraction of sp³-hybridized carbons (Fsp3) is 0.875. The maximum atomic E-state index is 11.4. The average Bonchev–Trinajstić information content (AvgIpc) is 2.34. The van der Waals surface area contributed by atoms with E-state index in [-0.39, 0.29) is 11.9 Å². The molecule has 1 heterocycles. The summed E-state index contributed by atoms with van der Waals surface area (Å²) in [6.45, 7) is 2.05. The molecule has 2 N–H and O–H groups in total. The van der Waals surface area contributed by atoms with Gasteiger partial charge in [0, 0.05) is 19.1 Å². The second kappa shape index (κ2) is 3.87. The maximum absolute atomic E-state index is 11.4. The van der Waals surface area contributed by atoms with E-state index in [1.165, 1.54) is 0 Å². The number of carbonyl (C=O) groups excluding carboxylic acids is 1. The Balaban J connectivity index is 2.33. The first-order valence-corrected chi connectivity index (χ1v) is 4.27. The van der Waals surface area contributed by atoms with Gasteiger partial charge in [0.05, 0.1) is 6.54 Å². The molecule has 0 saturated carbocycles. The lowest BCUT2D eigenvalue weighted by Crippen LogP contribution is -2.37. The molecule has 0 aliphatic carbocycles. The lowest BCUT2D eigenvalue weighted by molar-refractivity contribution is -0.130. The second-order valence-corrected chi connectivity index (χ2v) is 3.63. The van der Waals surface area contributed by atoms with Crippen molar-refractivity contribution in [2.45, 2.75) is 12.5 Å². The molecule has 12 heavy (non-hydrogen) atoms. The Hall–Kier alpha value is -0.610. The summed E-state index contributed by atoms with van der Waals surface area (Å²) in [5.41, 5.74) is 5.69. The molecular weight excluding hydrogens is 154 g/mol. The standard InChI is InChI=1S/C8H17N3O/c1-10(2)6-8(12)11-4-3-7(9)5-11/h7H,3-6,9H2,1-2H3/t7-/m1/s1. The Labute approximate surface area is 73.3 Å². The molecule has 4 nitrogen and oxygen atoms in total. The molecule has 0 aromatic heterocycles. The minimum atomic E-state index is 0.188. The summed E-state index contributed by atoms with van der Waals surface area (Å²) in [6, 6.07) is 0.191. The first kappa shape index (κ1) is 9.48. The summed E-state index contributed by atoms with van der Waals surface area (Å²) in [4.78, 5) is 15.1. The molecule has 1 saturated heterocycles. The van der Waals surface area contributed by atoms with Crippen LogP contribution in [0, 0.1) is 0 Å². The Morgan fingerprint density at radius 2 is 2.33 bits per heavy atom. The molecule has 4 heteroatoms. The van der Waals surface area contributed by atoms with Crippen LogP contribution in [0.3, 0.4) is 0 Å². The van der Waals surface area contributed by atoms with E-state index in [1.807, 2.05) is 23.9 Å². The molecule has 0 bridgehead atoms. The Bertz CT molecular complexity index is 170. The van der Waals surface area contributed by atoms with Crippen molar-refractivity contribution in [3.8, 4) is 0 Å². The van der Waals surface area contributed by atoms with Gasteiger partial charge in [-0.15, -0.1) is 0 Å². The molecule has 0 spiro atoms. The van der Waals surface area contributed by atoms with Crippen molar-refractivity contribution < 1.29 is 4.79 Å². The van der Waals surface area contributed by atoms with E-state index in [0.717, 1.165) is 19.5 Å². The molecule has 1 rings (SSSR count). The Morgan fingerprint density at radius 1 is 1.67 bits per heavy atom. The molecule has 70 valence electrons. The average molecular weight is 171 g/mol. The van der Waals surface area contributed by atoms with E-state index in [1.54, 1.807) is 0 Å². The van der Waals surface area contributed by atoms with E-state index in [4.69, 9.17) is 5.73 Å². The Kier molecular flexibility index (Phi) is 3.05. The molecule has 0 radical (unpaired) electrons. The number of amides is 1. The minimum absolute atomic E-state index is 0.188. The highest BCUT2D eigenvalue weighted by Gasteiger charge is 2.23. The van der Waals surface area contributed by atoms with Gasteiger partial charge in [-0.3, -0.25) is 4.79 Å². The third-order valence-electron chi connectivity index (χ3n) is 2.03. The van der Waals surface area contributed by atoms with Crippen LogP contribution in [0.2, 0.25) is 0 Å². The van der Waals surface area contributed by atoms with Crippen LogP contribution in [0.25, 0.3) is 0 Å². The van der Waals surface area contributed by atoms with Crippen LogP contribution in [-0.4, -0.2) is 55.5 Å². The van der Waals surface area contributed by atoms with Gasteiger partial charge in [0.15, 0.2) is 0 Å². The number of likely N-dealkylation sites (tertiary alicyclic amines) is 1. The quantitative estimate of drug-likeness (QED) is 0.586. The van der Waals surface area contributed by atoms with Crippen LogP contribution >= 0.6 is 0 Å². The van der Waals surface area contributed by atoms with E-state index in [2.05, 4.69) is 0 Å². The van der Waals surface area contributed by atoms with Gasteiger partial charge in [0.25, 0.3) is 0 Å². The number of nitrogens with zero attached hydrogens (tertiary/aromatic N) is 2. The molecule has 0 unspecified atom stereocenters. The van der Waals surface area contributed by atoms with Crippen molar-refractivity contribution in [3.63, 3.8) is 0 Å². The summed E-state index contributed by atoms with van der Waals surface area (Å²) in [5, 5.41) is 0. The molecule has 0 aromatic carbocycles. The summed E-state index contributed by atoms with van der Waals surface area (Å²) < 4.78 is 0. The van der Waals surface area contributed by atoms with Gasteiger partial charge in [-0.2, -0.15) is 0 Å². The number of hydrogen-bond acceptors (Lipinski definition) is 3. The van der Waals surface area contributed by atoms with Gasteiger partial charge in [-0.05, 0) is 20.5 Å². The number of likely N-dealkylation sites (N-methyl/N-ethyl adjacent to an activating group) is 1. The van der Waals surface area contributed by atoms with Crippen molar-refractivity contribution >= 4 is 5.91 Å². The SMILES string of the molecule is CN(C)CC(=O)N1CC[C@@H](N)C1. The van der Waals surface area contributed by atoms with Gasteiger partial charge >= 0.3 is 0 Å². The van der Waals surface area contributed by atoms with E-state index >= 15 is 0 Å². The lowest BCUT2D eigenvalue weighted by Gasteiger charge is -2.18. The largest absolute Gasteiger partial charge is 0.340 e.